The molecule has 0 bridgehead atoms. The Labute approximate surface area is 298 Å². The van der Waals surface area contributed by atoms with Crippen LogP contribution in [0.2, 0.25) is 0 Å². The zero-order valence-electron chi connectivity index (χ0n) is 27.8. The van der Waals surface area contributed by atoms with E-state index in [4.69, 9.17) is 9.47 Å². The van der Waals surface area contributed by atoms with E-state index < -0.39 is 0 Å². The molecule has 0 saturated heterocycles. The van der Waals surface area contributed by atoms with Crippen LogP contribution in [0, 0.1) is 0 Å². The van der Waals surface area contributed by atoms with Crippen LogP contribution in [0.1, 0.15) is 0 Å². The average Bonchev–Trinajstić information content (AvgIpc) is 3.21. The highest BCUT2D eigenvalue weighted by atomic mass is 16.5. The molecule has 51 heavy (non-hydrogen) atoms. The number of benzene rings is 8. The molecule has 0 unspecified atom stereocenters. The quantitative estimate of drug-likeness (QED) is 0.173. The summed E-state index contributed by atoms with van der Waals surface area (Å²) in [6.07, 6.45) is 0. The highest BCUT2D eigenvalue weighted by molar-refractivity contribution is 6.98. The van der Waals surface area contributed by atoms with E-state index in [0.29, 0.717) is 0 Å². The summed E-state index contributed by atoms with van der Waals surface area (Å²) in [4.78, 5) is 0. The van der Waals surface area contributed by atoms with E-state index in [9.17, 15) is 0 Å². The van der Waals surface area contributed by atoms with Crippen LogP contribution >= 0.6 is 0 Å². The van der Waals surface area contributed by atoms with Crippen LogP contribution in [0.3, 0.4) is 0 Å². The number of hydrogen-bond donors (Lipinski definition) is 0. The first-order valence-electron chi connectivity index (χ1n) is 17.5. The van der Waals surface area contributed by atoms with Crippen molar-refractivity contribution in [2.45, 2.75) is 0 Å². The molecule has 8 aromatic carbocycles. The number of rotatable bonds is 5. The Balaban J connectivity index is 1.34. The van der Waals surface area contributed by atoms with Crippen molar-refractivity contribution in [2.75, 3.05) is 0 Å². The Morgan fingerprint density at radius 3 is 1.00 bits per heavy atom. The summed E-state index contributed by atoms with van der Waals surface area (Å²) in [7, 11) is 0. The van der Waals surface area contributed by atoms with Crippen LogP contribution in [0.15, 0.2) is 188 Å². The van der Waals surface area contributed by atoms with Gasteiger partial charge in [0.25, 0.3) is 6.71 Å². The van der Waals surface area contributed by atoms with Gasteiger partial charge in [-0.15, -0.1) is 0 Å². The van der Waals surface area contributed by atoms with Crippen molar-refractivity contribution < 1.29 is 9.47 Å². The van der Waals surface area contributed by atoms with Crippen molar-refractivity contribution in [3.05, 3.63) is 188 Å². The molecule has 3 heteroatoms. The molecule has 2 aliphatic heterocycles. The third kappa shape index (κ3) is 4.89. The summed E-state index contributed by atoms with van der Waals surface area (Å²) in [6, 6.07) is 66.5. The SMILES string of the molecule is c1ccc(-c2ccc3c(c2)B2c4cc(-c5ccccc5)ccc4Oc4c2c(c(-c2ccccc2)c(-c2ccccc2)c4-c2ccccc2)O3)cc1. The largest absolute Gasteiger partial charge is 0.458 e. The Morgan fingerprint density at radius 2 is 0.627 bits per heavy atom. The highest BCUT2D eigenvalue weighted by Gasteiger charge is 2.44. The van der Waals surface area contributed by atoms with Crippen molar-refractivity contribution in [3.63, 3.8) is 0 Å². The Kier molecular flexibility index (Phi) is 6.95. The van der Waals surface area contributed by atoms with Gasteiger partial charge in [-0.25, -0.2) is 0 Å². The second kappa shape index (κ2) is 12.1. The molecular weight excluding hydrogens is 619 g/mol. The predicted octanol–water partition coefficient (Wildman–Crippen LogP) is 10.7. The van der Waals surface area contributed by atoms with E-state index in [1.165, 1.54) is 11.1 Å². The molecule has 238 valence electrons. The minimum atomic E-state index is -0.135. The van der Waals surface area contributed by atoms with Crippen LogP contribution in [-0.2, 0) is 0 Å². The van der Waals surface area contributed by atoms with Crippen LogP contribution in [-0.4, -0.2) is 6.71 Å². The monoisotopic (exact) mass is 650 g/mol. The van der Waals surface area contributed by atoms with Gasteiger partial charge in [-0.1, -0.05) is 176 Å². The summed E-state index contributed by atoms with van der Waals surface area (Å²) in [5.74, 6) is 3.41. The first-order chi connectivity index (χ1) is 25.3. The number of hydrogen-bond acceptors (Lipinski definition) is 2. The van der Waals surface area contributed by atoms with Crippen LogP contribution in [0.25, 0.3) is 55.6 Å². The maximum absolute atomic E-state index is 7.20. The van der Waals surface area contributed by atoms with Crippen LogP contribution < -0.4 is 25.9 Å². The maximum atomic E-state index is 7.20. The first-order valence-corrected chi connectivity index (χ1v) is 17.5. The molecule has 0 aliphatic carbocycles. The van der Waals surface area contributed by atoms with Crippen molar-refractivity contribution in [2.24, 2.45) is 0 Å². The molecule has 0 radical (unpaired) electrons. The first kappa shape index (κ1) is 29.4. The molecule has 2 nitrogen and oxygen atoms in total. The fourth-order valence-corrected chi connectivity index (χ4v) is 7.91. The Bertz CT molecular complexity index is 2390. The normalized spacial score (nSPS) is 12.2. The van der Waals surface area contributed by atoms with Gasteiger partial charge < -0.3 is 9.47 Å². The molecule has 10 rings (SSSR count). The van der Waals surface area contributed by atoms with Crippen molar-refractivity contribution in [1.29, 1.82) is 0 Å². The third-order valence-corrected chi connectivity index (χ3v) is 10.2. The standard InChI is InChI=1S/C48H31BO2/c1-6-16-32(17-7-1)37-26-28-41-39(30-37)49-40-31-38(33-18-8-2-9-19-33)27-29-42(40)51-48-45(36-24-14-5-15-25-36)43(34-20-10-3-11-21-34)44(47(50-41)46(48)49)35-22-12-4-13-23-35/h1-31H. The predicted molar refractivity (Wildman–Crippen MR) is 211 cm³/mol. The molecule has 0 saturated carbocycles. The smallest absolute Gasteiger partial charge is 0.260 e. The third-order valence-electron chi connectivity index (χ3n) is 10.2. The summed E-state index contributed by atoms with van der Waals surface area (Å²) < 4.78 is 14.4. The maximum Gasteiger partial charge on any atom is 0.260 e. The molecule has 2 aliphatic rings. The van der Waals surface area contributed by atoms with Crippen molar-refractivity contribution >= 4 is 23.1 Å². The summed E-state index contributed by atoms with van der Waals surface area (Å²) >= 11 is 0. The van der Waals surface area contributed by atoms with Gasteiger partial charge in [-0.05, 0) is 62.0 Å². The lowest BCUT2D eigenvalue weighted by molar-refractivity contribution is 0.467. The van der Waals surface area contributed by atoms with E-state index in [0.717, 1.165) is 83.9 Å². The molecule has 0 fully saturated rings. The van der Waals surface area contributed by atoms with Gasteiger partial charge in [0.1, 0.15) is 23.0 Å². The molecule has 0 N–H and O–H groups in total. The van der Waals surface area contributed by atoms with Crippen molar-refractivity contribution in [3.8, 4) is 78.6 Å². The lowest BCUT2D eigenvalue weighted by Crippen LogP contribution is -2.57. The van der Waals surface area contributed by atoms with Gasteiger partial charge in [0.05, 0.1) is 0 Å². The number of fused-ring (bicyclic) bond motifs is 4. The summed E-state index contributed by atoms with van der Waals surface area (Å²) in [6.45, 7) is -0.135. The fraction of sp³-hybridized carbons (Fsp3) is 0. The van der Waals surface area contributed by atoms with Gasteiger partial charge in [-0.3, -0.25) is 0 Å². The van der Waals surface area contributed by atoms with E-state index in [1.54, 1.807) is 0 Å². The van der Waals surface area contributed by atoms with Gasteiger partial charge in [0.15, 0.2) is 0 Å². The summed E-state index contributed by atoms with van der Waals surface area (Å²) in [5, 5.41) is 0. The minimum absolute atomic E-state index is 0.135. The van der Waals surface area contributed by atoms with E-state index in [-0.39, 0.29) is 6.71 Å². The second-order valence-corrected chi connectivity index (χ2v) is 13.2. The Morgan fingerprint density at radius 1 is 0.294 bits per heavy atom. The fourth-order valence-electron chi connectivity index (χ4n) is 7.91. The summed E-state index contributed by atoms with van der Waals surface area (Å²) in [5.41, 5.74) is 14.5. The number of ether oxygens (including phenoxy) is 2. The average molecular weight is 651 g/mol. The van der Waals surface area contributed by atoms with E-state index in [2.05, 4.69) is 188 Å². The van der Waals surface area contributed by atoms with Crippen LogP contribution in [0.4, 0.5) is 0 Å². The molecule has 0 aromatic heterocycles. The molecule has 0 atom stereocenters. The molecule has 0 spiro atoms. The molecular formula is C48H31BO2. The topological polar surface area (TPSA) is 18.5 Å². The molecule has 0 amide bonds. The van der Waals surface area contributed by atoms with E-state index in [1.807, 2.05) is 0 Å². The van der Waals surface area contributed by atoms with E-state index >= 15 is 0 Å². The van der Waals surface area contributed by atoms with Gasteiger partial charge in [0.2, 0.25) is 0 Å². The second-order valence-electron chi connectivity index (χ2n) is 13.2. The molecule has 8 aromatic rings. The molecule has 2 heterocycles. The van der Waals surface area contributed by atoms with Gasteiger partial charge in [-0.2, -0.15) is 0 Å². The van der Waals surface area contributed by atoms with Crippen LogP contribution in [0.5, 0.6) is 23.0 Å². The van der Waals surface area contributed by atoms with Gasteiger partial charge in [0, 0.05) is 22.2 Å². The minimum Gasteiger partial charge on any atom is -0.458 e. The zero-order chi connectivity index (χ0) is 33.7. The lowest BCUT2D eigenvalue weighted by atomic mass is 9.34. The zero-order valence-corrected chi connectivity index (χ0v) is 27.8. The van der Waals surface area contributed by atoms with Gasteiger partial charge >= 0.3 is 0 Å². The Hall–Kier alpha value is -6.58. The van der Waals surface area contributed by atoms with Crippen molar-refractivity contribution in [1.82, 2.24) is 0 Å². The highest BCUT2D eigenvalue weighted by Crippen LogP contribution is 2.53. The lowest BCUT2D eigenvalue weighted by Gasteiger charge is -2.37.